The van der Waals surface area contributed by atoms with E-state index in [1.54, 1.807) is 6.21 Å². The van der Waals surface area contributed by atoms with Gasteiger partial charge < -0.3 is 4.74 Å². The van der Waals surface area contributed by atoms with Crippen molar-refractivity contribution in [1.29, 1.82) is 0 Å². The van der Waals surface area contributed by atoms with Crippen molar-refractivity contribution in [3.05, 3.63) is 70.7 Å². The molecule has 0 aliphatic rings. The van der Waals surface area contributed by atoms with E-state index in [1.165, 1.54) is 11.3 Å². The van der Waals surface area contributed by atoms with Crippen molar-refractivity contribution in [1.82, 2.24) is 10.4 Å². The maximum Gasteiger partial charge on any atom is 0.291 e. The van der Waals surface area contributed by atoms with Crippen molar-refractivity contribution in [3.63, 3.8) is 0 Å². The van der Waals surface area contributed by atoms with Crippen molar-refractivity contribution in [2.24, 2.45) is 5.10 Å². The van der Waals surface area contributed by atoms with E-state index >= 15 is 0 Å². The lowest BCUT2D eigenvalue weighted by atomic mass is 10.2. The van der Waals surface area contributed by atoms with Crippen molar-refractivity contribution in [2.75, 3.05) is 6.61 Å². The lowest BCUT2D eigenvalue weighted by Crippen LogP contribution is -2.18. The summed E-state index contributed by atoms with van der Waals surface area (Å²) < 4.78 is 5.39. The first-order valence-electron chi connectivity index (χ1n) is 8.26. The van der Waals surface area contributed by atoms with Gasteiger partial charge in [-0.3, -0.25) is 4.79 Å². The molecule has 0 bridgehead atoms. The van der Waals surface area contributed by atoms with Crippen LogP contribution in [-0.2, 0) is 0 Å². The second-order valence-corrected chi connectivity index (χ2v) is 6.69. The van der Waals surface area contributed by atoms with Gasteiger partial charge in [0.05, 0.1) is 12.8 Å². The predicted molar refractivity (Wildman–Crippen MR) is 105 cm³/mol. The molecule has 0 atom stereocenters. The lowest BCUT2D eigenvalue weighted by molar-refractivity contribution is 0.0950. The highest BCUT2D eigenvalue weighted by Gasteiger charge is 2.15. The van der Waals surface area contributed by atoms with E-state index in [-0.39, 0.29) is 5.91 Å². The maximum atomic E-state index is 12.3. The highest BCUT2D eigenvalue weighted by molar-refractivity contribution is 7.15. The Bertz CT molecular complexity index is 903. The molecule has 0 unspecified atom stereocenters. The third-order valence-electron chi connectivity index (χ3n) is 3.60. The largest absolute Gasteiger partial charge is 0.494 e. The number of benzene rings is 2. The summed E-state index contributed by atoms with van der Waals surface area (Å²) in [6, 6.07) is 17.3. The van der Waals surface area contributed by atoms with E-state index < -0.39 is 0 Å². The number of hydrogen-bond donors (Lipinski definition) is 1. The van der Waals surface area contributed by atoms with Crippen LogP contribution in [0.5, 0.6) is 5.75 Å². The van der Waals surface area contributed by atoms with Gasteiger partial charge in [0, 0.05) is 10.4 Å². The molecule has 6 heteroatoms. The molecule has 5 nitrogen and oxygen atoms in total. The molecule has 2 aromatic carbocycles. The van der Waals surface area contributed by atoms with Gasteiger partial charge in [0.15, 0.2) is 0 Å². The van der Waals surface area contributed by atoms with Crippen molar-refractivity contribution >= 4 is 23.5 Å². The molecule has 0 radical (unpaired) electrons. The number of carbonyl (C=O) groups excluding carboxylic acids is 1. The number of aromatic nitrogens is 1. The second kappa shape index (κ2) is 8.40. The van der Waals surface area contributed by atoms with Crippen LogP contribution in [0.4, 0.5) is 0 Å². The zero-order valence-electron chi connectivity index (χ0n) is 14.6. The van der Waals surface area contributed by atoms with Crippen molar-refractivity contribution in [3.8, 4) is 16.3 Å². The number of aryl methyl sites for hydroxylation is 1. The minimum absolute atomic E-state index is 0.317. The SMILES string of the molecule is CCOc1ccc(/C=N\NC(=O)c2nc(-c3ccccc3)sc2C)cc1. The van der Waals surface area contributed by atoms with E-state index in [0.717, 1.165) is 26.8 Å². The Hall–Kier alpha value is -2.99. The first-order valence-corrected chi connectivity index (χ1v) is 9.08. The Morgan fingerprint density at radius 1 is 1.19 bits per heavy atom. The number of amides is 1. The Morgan fingerprint density at radius 3 is 2.62 bits per heavy atom. The van der Waals surface area contributed by atoms with Crippen LogP contribution >= 0.6 is 11.3 Å². The number of rotatable bonds is 6. The highest BCUT2D eigenvalue weighted by atomic mass is 32.1. The molecule has 0 saturated carbocycles. The lowest BCUT2D eigenvalue weighted by Gasteiger charge is -2.02. The third-order valence-corrected chi connectivity index (χ3v) is 4.62. The van der Waals surface area contributed by atoms with E-state index in [2.05, 4.69) is 15.5 Å². The summed E-state index contributed by atoms with van der Waals surface area (Å²) in [7, 11) is 0. The van der Waals surface area contributed by atoms with E-state index in [9.17, 15) is 4.79 Å². The summed E-state index contributed by atoms with van der Waals surface area (Å²) in [6.45, 7) is 4.45. The van der Waals surface area contributed by atoms with Gasteiger partial charge in [0.2, 0.25) is 0 Å². The number of nitrogens with one attached hydrogen (secondary N) is 1. The summed E-state index contributed by atoms with van der Waals surface area (Å²) in [5.41, 5.74) is 4.80. The Labute approximate surface area is 156 Å². The Morgan fingerprint density at radius 2 is 1.92 bits per heavy atom. The van der Waals surface area contributed by atoms with Gasteiger partial charge in [-0.1, -0.05) is 30.3 Å². The van der Waals surface area contributed by atoms with Gasteiger partial charge >= 0.3 is 0 Å². The molecule has 1 amide bonds. The average molecular weight is 365 g/mol. The van der Waals surface area contributed by atoms with Gasteiger partial charge in [-0.2, -0.15) is 5.10 Å². The van der Waals surface area contributed by atoms with Gasteiger partial charge in [0.1, 0.15) is 16.5 Å². The standard InChI is InChI=1S/C20H19N3O2S/c1-3-25-17-11-9-15(10-12-17)13-21-23-19(24)18-14(2)26-20(22-18)16-7-5-4-6-8-16/h4-13H,3H2,1-2H3,(H,23,24)/b21-13-. The molecule has 0 aliphatic heterocycles. The van der Waals surface area contributed by atoms with Gasteiger partial charge in [0.25, 0.3) is 5.91 Å². The molecule has 132 valence electrons. The van der Waals surface area contributed by atoms with E-state index in [0.29, 0.717) is 12.3 Å². The normalized spacial score (nSPS) is 10.8. The molecule has 3 aromatic rings. The third kappa shape index (κ3) is 4.34. The topological polar surface area (TPSA) is 63.6 Å². The number of carbonyl (C=O) groups is 1. The van der Waals surface area contributed by atoms with Crippen LogP contribution in [0, 0.1) is 6.92 Å². The molecular weight excluding hydrogens is 346 g/mol. The first-order chi connectivity index (χ1) is 12.7. The fourth-order valence-electron chi connectivity index (χ4n) is 2.35. The molecule has 0 fully saturated rings. The summed E-state index contributed by atoms with van der Waals surface area (Å²) in [5, 5.41) is 4.84. The van der Waals surface area contributed by atoms with Crippen LogP contribution < -0.4 is 10.2 Å². The van der Waals surface area contributed by atoms with Crippen LogP contribution in [0.15, 0.2) is 59.7 Å². The van der Waals surface area contributed by atoms with E-state index in [4.69, 9.17) is 4.74 Å². The quantitative estimate of drug-likeness (QED) is 0.524. The summed E-state index contributed by atoms with van der Waals surface area (Å²) >= 11 is 1.49. The highest BCUT2D eigenvalue weighted by Crippen LogP contribution is 2.27. The van der Waals surface area contributed by atoms with Crippen LogP contribution in [0.2, 0.25) is 0 Å². The van der Waals surface area contributed by atoms with Crippen molar-refractivity contribution in [2.45, 2.75) is 13.8 Å². The molecule has 0 aliphatic carbocycles. The van der Waals surface area contributed by atoms with Crippen molar-refractivity contribution < 1.29 is 9.53 Å². The zero-order chi connectivity index (χ0) is 18.4. The first kappa shape index (κ1) is 17.8. The van der Waals surface area contributed by atoms with Crippen LogP contribution in [0.1, 0.15) is 27.9 Å². The minimum atomic E-state index is -0.317. The number of ether oxygens (including phenoxy) is 1. The predicted octanol–water partition coefficient (Wildman–Crippen LogP) is 4.28. The molecule has 3 rings (SSSR count). The zero-order valence-corrected chi connectivity index (χ0v) is 15.4. The molecule has 1 aromatic heterocycles. The summed E-state index contributed by atoms with van der Waals surface area (Å²) in [6.07, 6.45) is 1.59. The van der Waals surface area contributed by atoms with Gasteiger partial charge in [-0.05, 0) is 43.7 Å². The molecule has 1 N–H and O–H groups in total. The fourth-order valence-corrected chi connectivity index (χ4v) is 3.26. The number of hydrogen-bond acceptors (Lipinski definition) is 5. The molecule has 0 saturated heterocycles. The summed E-state index contributed by atoms with van der Waals surface area (Å²) in [4.78, 5) is 17.7. The molecule has 26 heavy (non-hydrogen) atoms. The Kier molecular flexibility index (Phi) is 5.76. The monoisotopic (exact) mass is 365 g/mol. The number of hydrazone groups is 1. The number of nitrogens with zero attached hydrogens (tertiary/aromatic N) is 2. The van der Waals surface area contributed by atoms with Crippen LogP contribution in [-0.4, -0.2) is 23.7 Å². The van der Waals surface area contributed by atoms with Crippen LogP contribution in [0.25, 0.3) is 10.6 Å². The number of thiazole rings is 1. The second-order valence-electron chi connectivity index (χ2n) is 5.49. The Balaban J connectivity index is 1.66. The van der Waals surface area contributed by atoms with E-state index in [1.807, 2.05) is 68.4 Å². The minimum Gasteiger partial charge on any atom is -0.494 e. The maximum absolute atomic E-state index is 12.3. The van der Waals surface area contributed by atoms with Crippen LogP contribution in [0.3, 0.4) is 0 Å². The average Bonchev–Trinajstić information content (AvgIpc) is 3.06. The molecular formula is C20H19N3O2S. The molecule has 1 heterocycles. The van der Waals surface area contributed by atoms with Gasteiger partial charge in [-0.15, -0.1) is 11.3 Å². The smallest absolute Gasteiger partial charge is 0.291 e. The fraction of sp³-hybridized carbons (Fsp3) is 0.150. The van der Waals surface area contributed by atoms with Gasteiger partial charge in [-0.25, -0.2) is 10.4 Å². The summed E-state index contributed by atoms with van der Waals surface area (Å²) in [5.74, 6) is 0.489. The molecule has 0 spiro atoms.